The summed E-state index contributed by atoms with van der Waals surface area (Å²) in [5.74, 6) is -0.115. The van der Waals surface area contributed by atoms with Gasteiger partial charge in [-0.2, -0.15) is 0 Å². The molecule has 0 spiro atoms. The molecule has 0 radical (unpaired) electrons. The molecule has 0 aliphatic rings. The second kappa shape index (κ2) is 7.40. The van der Waals surface area contributed by atoms with Gasteiger partial charge in [0.05, 0.1) is 13.7 Å². The highest BCUT2D eigenvalue weighted by molar-refractivity contribution is 6.30. The van der Waals surface area contributed by atoms with Crippen LogP contribution in [0.4, 0.5) is 0 Å². The number of rotatable bonds is 5. The zero-order valence-electron chi connectivity index (χ0n) is 13.5. The second-order valence-electron chi connectivity index (χ2n) is 5.36. The lowest BCUT2D eigenvalue weighted by molar-refractivity contribution is 0.0596. The van der Waals surface area contributed by atoms with Gasteiger partial charge in [-0.05, 0) is 42.0 Å². The lowest BCUT2D eigenvalue weighted by Crippen LogP contribution is -2.14. The zero-order chi connectivity index (χ0) is 17.8. The van der Waals surface area contributed by atoms with Gasteiger partial charge in [-0.15, -0.1) is 0 Å². The van der Waals surface area contributed by atoms with Crippen LogP contribution in [0.25, 0.3) is 11.0 Å². The SMILES string of the molecule is COC(=O)c1cc2cc(OCCc3ccc(Cl)cc3)ccc2oc1=O. The molecule has 0 bridgehead atoms. The molecule has 0 atom stereocenters. The number of fused-ring (bicyclic) bond motifs is 1. The molecule has 0 unspecified atom stereocenters. The van der Waals surface area contributed by atoms with E-state index in [0.717, 1.165) is 12.0 Å². The van der Waals surface area contributed by atoms with Gasteiger partial charge in [0, 0.05) is 16.8 Å². The minimum absolute atomic E-state index is 0.145. The molecule has 1 heterocycles. The largest absolute Gasteiger partial charge is 0.493 e. The van der Waals surface area contributed by atoms with E-state index in [4.69, 9.17) is 20.8 Å². The van der Waals surface area contributed by atoms with Gasteiger partial charge in [-0.3, -0.25) is 0 Å². The molecule has 0 saturated heterocycles. The van der Waals surface area contributed by atoms with E-state index in [1.54, 1.807) is 18.2 Å². The highest BCUT2D eigenvalue weighted by Gasteiger charge is 2.14. The number of benzene rings is 2. The van der Waals surface area contributed by atoms with Gasteiger partial charge in [-0.1, -0.05) is 23.7 Å². The van der Waals surface area contributed by atoms with Crippen molar-refractivity contribution in [2.45, 2.75) is 6.42 Å². The quantitative estimate of drug-likeness (QED) is 0.512. The van der Waals surface area contributed by atoms with Crippen molar-refractivity contribution in [3.05, 3.63) is 75.1 Å². The van der Waals surface area contributed by atoms with Crippen molar-refractivity contribution in [2.75, 3.05) is 13.7 Å². The normalized spacial score (nSPS) is 10.6. The Morgan fingerprint density at radius 1 is 1.12 bits per heavy atom. The van der Waals surface area contributed by atoms with Gasteiger partial charge in [0.25, 0.3) is 0 Å². The van der Waals surface area contributed by atoms with Gasteiger partial charge in [0.2, 0.25) is 0 Å². The fourth-order valence-corrected chi connectivity index (χ4v) is 2.51. The molecular weight excluding hydrogens is 344 g/mol. The van der Waals surface area contributed by atoms with E-state index in [1.807, 2.05) is 24.3 Å². The first-order valence-corrected chi connectivity index (χ1v) is 7.98. The highest BCUT2D eigenvalue weighted by Crippen LogP contribution is 2.21. The molecule has 1 aromatic heterocycles. The Morgan fingerprint density at radius 3 is 2.60 bits per heavy atom. The van der Waals surface area contributed by atoms with Gasteiger partial charge in [0.15, 0.2) is 0 Å². The molecule has 0 N–H and O–H groups in total. The highest BCUT2D eigenvalue weighted by atomic mass is 35.5. The molecule has 128 valence electrons. The van der Waals surface area contributed by atoms with E-state index in [0.29, 0.717) is 28.3 Å². The van der Waals surface area contributed by atoms with E-state index >= 15 is 0 Å². The van der Waals surface area contributed by atoms with Crippen molar-refractivity contribution in [1.29, 1.82) is 0 Å². The van der Waals surface area contributed by atoms with Crippen LogP contribution in [-0.2, 0) is 11.2 Å². The smallest absolute Gasteiger partial charge is 0.351 e. The molecule has 3 rings (SSSR count). The molecular formula is C19H15ClO5. The molecule has 0 aliphatic heterocycles. The Morgan fingerprint density at radius 2 is 1.88 bits per heavy atom. The number of esters is 1. The van der Waals surface area contributed by atoms with Crippen LogP contribution in [0.2, 0.25) is 5.02 Å². The average molecular weight is 359 g/mol. The van der Waals surface area contributed by atoms with Gasteiger partial charge < -0.3 is 13.9 Å². The number of carbonyl (C=O) groups excluding carboxylic acids is 1. The monoisotopic (exact) mass is 358 g/mol. The maximum atomic E-state index is 11.8. The molecule has 3 aromatic rings. The van der Waals surface area contributed by atoms with Crippen LogP contribution in [-0.4, -0.2) is 19.7 Å². The Hall–Kier alpha value is -2.79. The molecule has 0 amide bonds. The predicted octanol–water partition coefficient (Wildman–Crippen LogP) is 3.85. The number of hydrogen-bond donors (Lipinski definition) is 0. The summed E-state index contributed by atoms with van der Waals surface area (Å²) in [5.41, 5.74) is 0.621. The van der Waals surface area contributed by atoms with Crippen LogP contribution in [0.5, 0.6) is 5.75 Å². The van der Waals surface area contributed by atoms with E-state index < -0.39 is 11.6 Å². The van der Waals surface area contributed by atoms with E-state index in [9.17, 15) is 9.59 Å². The van der Waals surface area contributed by atoms with Gasteiger partial charge in [-0.25, -0.2) is 9.59 Å². The Kier molecular flexibility index (Phi) is 5.05. The summed E-state index contributed by atoms with van der Waals surface area (Å²) in [6.45, 7) is 0.480. The molecule has 25 heavy (non-hydrogen) atoms. The molecule has 0 aliphatic carbocycles. The lowest BCUT2D eigenvalue weighted by atomic mass is 10.1. The Labute approximate surface area is 148 Å². The van der Waals surface area contributed by atoms with Crippen molar-refractivity contribution >= 4 is 28.5 Å². The first-order valence-electron chi connectivity index (χ1n) is 7.60. The third-order valence-corrected chi connectivity index (χ3v) is 3.93. The van der Waals surface area contributed by atoms with Crippen LogP contribution < -0.4 is 10.4 Å². The van der Waals surface area contributed by atoms with Crippen LogP contribution in [0.15, 0.2) is 57.7 Å². The number of hydrogen-bond acceptors (Lipinski definition) is 5. The second-order valence-corrected chi connectivity index (χ2v) is 5.80. The predicted molar refractivity (Wildman–Crippen MR) is 94.5 cm³/mol. The molecule has 2 aromatic carbocycles. The lowest BCUT2D eigenvalue weighted by Gasteiger charge is -2.08. The third kappa shape index (κ3) is 4.00. The van der Waals surface area contributed by atoms with Crippen molar-refractivity contribution < 1.29 is 18.7 Å². The fraction of sp³-hybridized carbons (Fsp3) is 0.158. The summed E-state index contributed by atoms with van der Waals surface area (Å²) in [4.78, 5) is 23.4. The van der Waals surface area contributed by atoms with Crippen molar-refractivity contribution in [2.24, 2.45) is 0 Å². The minimum atomic E-state index is -0.732. The summed E-state index contributed by atoms with van der Waals surface area (Å²) < 4.78 is 15.4. The summed E-state index contributed by atoms with van der Waals surface area (Å²) in [7, 11) is 1.21. The zero-order valence-corrected chi connectivity index (χ0v) is 14.2. The third-order valence-electron chi connectivity index (χ3n) is 3.68. The average Bonchev–Trinajstić information content (AvgIpc) is 2.62. The maximum Gasteiger partial charge on any atom is 0.351 e. The summed E-state index contributed by atoms with van der Waals surface area (Å²) in [6.07, 6.45) is 0.729. The van der Waals surface area contributed by atoms with E-state index in [-0.39, 0.29) is 5.56 Å². The molecule has 5 nitrogen and oxygen atoms in total. The van der Waals surface area contributed by atoms with Crippen LogP contribution >= 0.6 is 11.6 Å². The molecule has 0 saturated carbocycles. The first-order chi connectivity index (χ1) is 12.1. The van der Waals surface area contributed by atoms with E-state index in [1.165, 1.54) is 13.2 Å². The Bertz CT molecular complexity index is 960. The number of methoxy groups -OCH3 is 1. The summed E-state index contributed by atoms with van der Waals surface area (Å²) in [6, 6.07) is 14.1. The van der Waals surface area contributed by atoms with Crippen molar-refractivity contribution in [3.8, 4) is 5.75 Å². The Balaban J connectivity index is 1.75. The summed E-state index contributed by atoms with van der Waals surface area (Å²) >= 11 is 5.86. The van der Waals surface area contributed by atoms with Crippen molar-refractivity contribution in [1.82, 2.24) is 0 Å². The van der Waals surface area contributed by atoms with Crippen LogP contribution in [0.1, 0.15) is 15.9 Å². The van der Waals surface area contributed by atoms with Gasteiger partial charge in [0.1, 0.15) is 16.9 Å². The standard InChI is InChI=1S/C19H15ClO5/c1-23-18(21)16-11-13-10-15(6-7-17(13)25-19(16)22)24-9-8-12-2-4-14(20)5-3-12/h2-7,10-11H,8-9H2,1H3. The minimum Gasteiger partial charge on any atom is -0.493 e. The van der Waals surface area contributed by atoms with Crippen LogP contribution in [0.3, 0.4) is 0 Å². The number of carbonyl (C=O) groups is 1. The number of ether oxygens (including phenoxy) is 2. The van der Waals surface area contributed by atoms with Crippen molar-refractivity contribution in [3.63, 3.8) is 0 Å². The van der Waals surface area contributed by atoms with Gasteiger partial charge >= 0.3 is 11.6 Å². The number of halogens is 1. The topological polar surface area (TPSA) is 65.7 Å². The molecule has 0 fully saturated rings. The molecule has 6 heteroatoms. The van der Waals surface area contributed by atoms with E-state index in [2.05, 4.69) is 4.74 Å². The summed E-state index contributed by atoms with van der Waals surface area (Å²) in [5, 5.41) is 1.28. The maximum absolute atomic E-state index is 11.8. The van der Waals surface area contributed by atoms with Crippen LogP contribution in [0, 0.1) is 0 Å². The fourth-order valence-electron chi connectivity index (χ4n) is 2.38. The first kappa shape index (κ1) is 17.0.